The lowest BCUT2D eigenvalue weighted by atomic mass is 10.1. The van der Waals surface area contributed by atoms with Gasteiger partial charge in [-0.05, 0) is 26.3 Å². The molecule has 2 atom stereocenters. The number of para-hydroxylation sites is 1. The SMILES string of the molecule is CCC(C)N1CCN(c2c(F)cccc2[C@@H](C)O)CC1. The summed E-state index contributed by atoms with van der Waals surface area (Å²) in [5.74, 6) is -0.236. The van der Waals surface area contributed by atoms with E-state index >= 15 is 0 Å². The summed E-state index contributed by atoms with van der Waals surface area (Å²) in [6.45, 7) is 9.63. The maximum Gasteiger partial charge on any atom is 0.146 e. The molecule has 1 unspecified atom stereocenters. The monoisotopic (exact) mass is 280 g/mol. The largest absolute Gasteiger partial charge is 0.389 e. The molecule has 1 fully saturated rings. The first kappa shape index (κ1) is 15.3. The number of hydrogen-bond acceptors (Lipinski definition) is 3. The highest BCUT2D eigenvalue weighted by atomic mass is 19.1. The van der Waals surface area contributed by atoms with E-state index in [1.165, 1.54) is 6.07 Å². The molecule has 0 aliphatic carbocycles. The first-order chi connectivity index (χ1) is 9.54. The van der Waals surface area contributed by atoms with Gasteiger partial charge in [-0.15, -0.1) is 0 Å². The normalized spacial score (nSPS) is 19.9. The van der Waals surface area contributed by atoms with Crippen LogP contribution in [0.2, 0.25) is 0 Å². The van der Waals surface area contributed by atoms with Crippen LogP contribution in [-0.4, -0.2) is 42.2 Å². The molecule has 1 aromatic rings. The third-order valence-electron chi connectivity index (χ3n) is 4.31. The molecule has 0 aromatic heterocycles. The Labute approximate surface area is 121 Å². The maximum atomic E-state index is 14.2. The van der Waals surface area contributed by atoms with E-state index in [0.717, 1.165) is 32.6 Å². The molecule has 1 aliphatic rings. The highest BCUT2D eigenvalue weighted by molar-refractivity contribution is 5.56. The number of halogens is 1. The van der Waals surface area contributed by atoms with Gasteiger partial charge in [0.1, 0.15) is 5.82 Å². The number of anilines is 1. The fourth-order valence-electron chi connectivity index (χ4n) is 2.85. The first-order valence-corrected chi connectivity index (χ1v) is 7.50. The Kier molecular flexibility index (Phi) is 5.00. The second-order valence-electron chi connectivity index (χ2n) is 5.63. The fourth-order valence-corrected chi connectivity index (χ4v) is 2.85. The van der Waals surface area contributed by atoms with E-state index in [1.54, 1.807) is 13.0 Å². The van der Waals surface area contributed by atoms with Crippen molar-refractivity contribution in [2.24, 2.45) is 0 Å². The van der Waals surface area contributed by atoms with Crippen molar-refractivity contribution in [3.8, 4) is 0 Å². The highest BCUT2D eigenvalue weighted by Gasteiger charge is 2.24. The van der Waals surface area contributed by atoms with Crippen molar-refractivity contribution in [3.05, 3.63) is 29.6 Å². The lowest BCUT2D eigenvalue weighted by Gasteiger charge is -2.39. The number of piperazine rings is 1. The summed E-state index contributed by atoms with van der Waals surface area (Å²) in [6, 6.07) is 5.52. The number of rotatable bonds is 4. The Balaban J connectivity index is 2.15. The van der Waals surface area contributed by atoms with E-state index in [2.05, 4.69) is 23.6 Å². The highest BCUT2D eigenvalue weighted by Crippen LogP contribution is 2.30. The summed E-state index contributed by atoms with van der Waals surface area (Å²) in [5.41, 5.74) is 1.26. The molecule has 1 saturated heterocycles. The number of benzene rings is 1. The molecule has 0 saturated carbocycles. The number of hydrogen-bond donors (Lipinski definition) is 1. The van der Waals surface area contributed by atoms with Gasteiger partial charge in [0, 0.05) is 37.8 Å². The van der Waals surface area contributed by atoms with Gasteiger partial charge in [-0.25, -0.2) is 4.39 Å². The average molecular weight is 280 g/mol. The smallest absolute Gasteiger partial charge is 0.146 e. The van der Waals surface area contributed by atoms with E-state index in [0.29, 0.717) is 17.3 Å². The van der Waals surface area contributed by atoms with Crippen LogP contribution in [-0.2, 0) is 0 Å². The Bertz CT molecular complexity index is 442. The van der Waals surface area contributed by atoms with Gasteiger partial charge in [0.15, 0.2) is 0 Å². The van der Waals surface area contributed by atoms with Crippen molar-refractivity contribution < 1.29 is 9.50 Å². The van der Waals surface area contributed by atoms with Crippen molar-refractivity contribution in [2.75, 3.05) is 31.1 Å². The maximum absolute atomic E-state index is 14.2. The van der Waals surface area contributed by atoms with Crippen molar-refractivity contribution in [3.63, 3.8) is 0 Å². The average Bonchev–Trinajstić information content (AvgIpc) is 2.46. The molecule has 0 bridgehead atoms. The van der Waals surface area contributed by atoms with Gasteiger partial charge in [-0.2, -0.15) is 0 Å². The zero-order valence-electron chi connectivity index (χ0n) is 12.6. The molecule has 1 aromatic carbocycles. The van der Waals surface area contributed by atoms with Crippen LogP contribution in [0.1, 0.15) is 38.9 Å². The molecule has 20 heavy (non-hydrogen) atoms. The topological polar surface area (TPSA) is 26.7 Å². The van der Waals surface area contributed by atoms with Gasteiger partial charge < -0.3 is 10.0 Å². The Hall–Kier alpha value is -1.13. The van der Waals surface area contributed by atoms with Crippen LogP contribution in [0.3, 0.4) is 0 Å². The standard InChI is InChI=1S/C16H25FN2O/c1-4-12(2)18-8-10-19(11-9-18)16-14(13(3)20)6-5-7-15(16)17/h5-7,12-13,20H,4,8-11H2,1-3H3/t12?,13-/m1/s1. The Morgan fingerprint density at radius 2 is 1.85 bits per heavy atom. The molecule has 2 rings (SSSR count). The lowest BCUT2D eigenvalue weighted by molar-refractivity contribution is 0.188. The Morgan fingerprint density at radius 1 is 1.20 bits per heavy atom. The van der Waals surface area contributed by atoms with Gasteiger partial charge >= 0.3 is 0 Å². The van der Waals surface area contributed by atoms with Gasteiger partial charge in [0.25, 0.3) is 0 Å². The molecule has 1 N–H and O–H groups in total. The van der Waals surface area contributed by atoms with E-state index < -0.39 is 6.10 Å². The van der Waals surface area contributed by atoms with E-state index in [9.17, 15) is 9.50 Å². The van der Waals surface area contributed by atoms with Crippen LogP contribution in [0.5, 0.6) is 0 Å². The molecular formula is C16H25FN2O. The number of aliphatic hydroxyl groups excluding tert-OH is 1. The summed E-state index contributed by atoms with van der Waals surface area (Å²) in [7, 11) is 0. The van der Waals surface area contributed by atoms with Gasteiger partial charge in [0.05, 0.1) is 11.8 Å². The molecule has 0 amide bonds. The van der Waals surface area contributed by atoms with E-state index in [-0.39, 0.29) is 5.82 Å². The second-order valence-corrected chi connectivity index (χ2v) is 5.63. The number of nitrogens with zero attached hydrogens (tertiary/aromatic N) is 2. The molecular weight excluding hydrogens is 255 g/mol. The first-order valence-electron chi connectivity index (χ1n) is 7.50. The minimum Gasteiger partial charge on any atom is -0.389 e. The molecule has 0 radical (unpaired) electrons. The third kappa shape index (κ3) is 3.13. The van der Waals surface area contributed by atoms with Crippen molar-refractivity contribution in [2.45, 2.75) is 39.3 Å². The van der Waals surface area contributed by atoms with Gasteiger partial charge in [-0.1, -0.05) is 19.1 Å². The predicted octanol–water partition coefficient (Wildman–Crippen LogP) is 2.80. The second kappa shape index (κ2) is 6.55. The van der Waals surface area contributed by atoms with Gasteiger partial charge in [0.2, 0.25) is 0 Å². The molecule has 1 heterocycles. The fraction of sp³-hybridized carbons (Fsp3) is 0.625. The van der Waals surface area contributed by atoms with Crippen LogP contribution in [0, 0.1) is 5.82 Å². The van der Waals surface area contributed by atoms with Crippen molar-refractivity contribution in [1.82, 2.24) is 4.90 Å². The Morgan fingerprint density at radius 3 is 2.40 bits per heavy atom. The summed E-state index contributed by atoms with van der Waals surface area (Å²) in [4.78, 5) is 4.51. The van der Waals surface area contributed by atoms with Crippen molar-refractivity contribution in [1.29, 1.82) is 0 Å². The molecule has 3 nitrogen and oxygen atoms in total. The van der Waals surface area contributed by atoms with Crippen LogP contribution >= 0.6 is 0 Å². The number of aliphatic hydroxyl groups is 1. The summed E-state index contributed by atoms with van der Waals surface area (Å²) in [5, 5.41) is 9.83. The van der Waals surface area contributed by atoms with Crippen LogP contribution in [0.15, 0.2) is 18.2 Å². The quantitative estimate of drug-likeness (QED) is 0.918. The molecule has 4 heteroatoms. The minimum absolute atomic E-state index is 0.236. The molecule has 112 valence electrons. The minimum atomic E-state index is -0.645. The van der Waals surface area contributed by atoms with Crippen LogP contribution in [0.4, 0.5) is 10.1 Å². The van der Waals surface area contributed by atoms with E-state index in [1.807, 2.05) is 6.07 Å². The lowest BCUT2D eigenvalue weighted by Crippen LogP contribution is -2.50. The predicted molar refractivity (Wildman–Crippen MR) is 80.6 cm³/mol. The summed E-state index contributed by atoms with van der Waals surface area (Å²) in [6.07, 6.45) is 0.492. The summed E-state index contributed by atoms with van der Waals surface area (Å²) >= 11 is 0. The zero-order valence-corrected chi connectivity index (χ0v) is 12.6. The third-order valence-corrected chi connectivity index (χ3v) is 4.31. The van der Waals surface area contributed by atoms with Crippen LogP contribution in [0.25, 0.3) is 0 Å². The summed E-state index contributed by atoms with van der Waals surface area (Å²) < 4.78 is 14.2. The van der Waals surface area contributed by atoms with Gasteiger partial charge in [-0.3, -0.25) is 4.90 Å². The van der Waals surface area contributed by atoms with Crippen LogP contribution < -0.4 is 4.90 Å². The zero-order chi connectivity index (χ0) is 14.7. The molecule has 0 spiro atoms. The molecule has 1 aliphatic heterocycles. The van der Waals surface area contributed by atoms with E-state index in [4.69, 9.17) is 0 Å². The van der Waals surface area contributed by atoms with Crippen molar-refractivity contribution >= 4 is 5.69 Å².